The molecule has 0 saturated carbocycles. The Bertz CT molecular complexity index is 839. The number of methoxy groups -OCH3 is 1. The Kier molecular flexibility index (Phi) is 5.99. The molecule has 0 aliphatic carbocycles. The Morgan fingerprint density at radius 2 is 2.08 bits per heavy atom. The summed E-state index contributed by atoms with van der Waals surface area (Å²) in [4.78, 5) is 28.3. The molecule has 1 aromatic heterocycles. The molecule has 0 spiro atoms. The highest BCUT2D eigenvalue weighted by molar-refractivity contribution is 6.33. The molecule has 3 rings (SSSR count). The number of carbonyl (C=O) groups is 2. The fourth-order valence-electron chi connectivity index (χ4n) is 2.74. The van der Waals surface area contributed by atoms with E-state index in [1.54, 1.807) is 29.0 Å². The molecular weight excluding hydrogens is 381 g/mol. The molecule has 2 amide bonds. The van der Waals surface area contributed by atoms with Crippen LogP contribution in [0.2, 0.25) is 5.02 Å². The fraction of sp³-hybridized carbons (Fsp3) is 0.312. The van der Waals surface area contributed by atoms with Gasteiger partial charge in [0.05, 0.1) is 35.3 Å². The van der Waals surface area contributed by atoms with E-state index in [-0.39, 0.29) is 41.4 Å². The van der Waals surface area contributed by atoms with Crippen molar-refractivity contribution in [3.05, 3.63) is 35.1 Å². The normalized spacial score (nSPS) is 14.2. The molecule has 26 heavy (non-hydrogen) atoms. The number of hydrogen-bond acceptors (Lipinski definition) is 5. The molecule has 1 aromatic carbocycles. The summed E-state index contributed by atoms with van der Waals surface area (Å²) in [6.07, 6.45) is 3.39. The van der Waals surface area contributed by atoms with Crippen LogP contribution in [0.4, 0.5) is 11.4 Å². The van der Waals surface area contributed by atoms with Crippen LogP contribution in [0.5, 0.6) is 5.75 Å². The summed E-state index contributed by atoms with van der Waals surface area (Å²) >= 11 is 6.02. The predicted molar refractivity (Wildman–Crippen MR) is 101 cm³/mol. The van der Waals surface area contributed by atoms with Crippen molar-refractivity contribution in [2.24, 2.45) is 7.05 Å². The van der Waals surface area contributed by atoms with Crippen LogP contribution in [0.1, 0.15) is 10.4 Å². The van der Waals surface area contributed by atoms with Crippen LogP contribution in [0.15, 0.2) is 24.5 Å². The highest BCUT2D eigenvalue weighted by atomic mass is 35.5. The van der Waals surface area contributed by atoms with Gasteiger partial charge in [0.1, 0.15) is 12.3 Å². The second-order valence-electron chi connectivity index (χ2n) is 5.72. The highest BCUT2D eigenvalue weighted by Crippen LogP contribution is 2.30. The molecule has 1 fully saturated rings. The maximum absolute atomic E-state index is 12.8. The van der Waals surface area contributed by atoms with E-state index in [2.05, 4.69) is 5.10 Å². The van der Waals surface area contributed by atoms with Crippen molar-refractivity contribution in [3.8, 4) is 5.75 Å². The molecule has 1 saturated heterocycles. The van der Waals surface area contributed by atoms with Crippen molar-refractivity contribution in [2.45, 2.75) is 0 Å². The molecule has 2 heterocycles. The number of aromatic nitrogens is 2. The van der Waals surface area contributed by atoms with Crippen molar-refractivity contribution in [3.63, 3.8) is 0 Å². The van der Waals surface area contributed by atoms with Gasteiger partial charge in [0.15, 0.2) is 0 Å². The molecule has 1 aliphatic rings. The number of hydrogen-bond donors (Lipinski definition) is 1. The van der Waals surface area contributed by atoms with Gasteiger partial charge in [0.25, 0.3) is 5.91 Å². The summed E-state index contributed by atoms with van der Waals surface area (Å²) < 4.78 is 6.85. The standard InChI is InChI=1S/C16H18ClN5O3.ClH/c1-20-8-10(7-19-20)22-4-3-21(9-15(22)23)16(24)11-5-12(17)13(18)6-14(11)25-2;/h5-8H,3-4,9,18H2,1-2H3;1H. The molecule has 0 radical (unpaired) electrons. The summed E-state index contributed by atoms with van der Waals surface area (Å²) in [5, 5.41) is 4.34. The van der Waals surface area contributed by atoms with Crippen LogP contribution in [-0.4, -0.2) is 53.2 Å². The van der Waals surface area contributed by atoms with Crippen molar-refractivity contribution >= 4 is 47.2 Å². The van der Waals surface area contributed by atoms with Gasteiger partial charge < -0.3 is 20.3 Å². The van der Waals surface area contributed by atoms with Crippen molar-refractivity contribution in [2.75, 3.05) is 37.4 Å². The third-order valence-corrected chi connectivity index (χ3v) is 4.39. The zero-order chi connectivity index (χ0) is 18.1. The third kappa shape index (κ3) is 3.71. The lowest BCUT2D eigenvalue weighted by molar-refractivity contribution is -0.120. The molecular formula is C16H19Cl2N5O3. The Morgan fingerprint density at radius 3 is 2.65 bits per heavy atom. The number of rotatable bonds is 3. The number of ether oxygens (including phenoxy) is 1. The number of amides is 2. The maximum Gasteiger partial charge on any atom is 0.258 e. The number of nitrogens with zero attached hydrogens (tertiary/aromatic N) is 4. The number of nitrogen functional groups attached to an aromatic ring is 1. The lowest BCUT2D eigenvalue weighted by atomic mass is 10.1. The van der Waals surface area contributed by atoms with Gasteiger partial charge in [-0.25, -0.2) is 0 Å². The minimum atomic E-state index is -0.321. The van der Waals surface area contributed by atoms with Crippen molar-refractivity contribution < 1.29 is 14.3 Å². The third-order valence-electron chi connectivity index (χ3n) is 4.06. The molecule has 2 N–H and O–H groups in total. The molecule has 8 nitrogen and oxygen atoms in total. The Morgan fingerprint density at radius 1 is 1.35 bits per heavy atom. The van der Waals surface area contributed by atoms with Gasteiger partial charge in [-0.15, -0.1) is 12.4 Å². The van der Waals surface area contributed by atoms with Crippen LogP contribution in [0.3, 0.4) is 0 Å². The van der Waals surface area contributed by atoms with E-state index in [0.717, 1.165) is 0 Å². The molecule has 0 unspecified atom stereocenters. The van der Waals surface area contributed by atoms with Gasteiger partial charge in [-0.05, 0) is 6.07 Å². The first-order valence-electron chi connectivity index (χ1n) is 7.62. The van der Waals surface area contributed by atoms with Gasteiger partial charge in [-0.1, -0.05) is 11.6 Å². The molecule has 0 atom stereocenters. The van der Waals surface area contributed by atoms with E-state index in [1.807, 2.05) is 0 Å². The number of carbonyl (C=O) groups excluding carboxylic acids is 2. The molecule has 140 valence electrons. The van der Waals surface area contributed by atoms with E-state index in [1.165, 1.54) is 24.1 Å². The average Bonchev–Trinajstić information content (AvgIpc) is 3.02. The number of piperazine rings is 1. The zero-order valence-electron chi connectivity index (χ0n) is 14.3. The van der Waals surface area contributed by atoms with Crippen LogP contribution in [0.25, 0.3) is 0 Å². The maximum atomic E-state index is 12.8. The van der Waals surface area contributed by atoms with Crippen LogP contribution in [0, 0.1) is 0 Å². The molecule has 0 bridgehead atoms. The molecule has 1 aliphatic heterocycles. The van der Waals surface area contributed by atoms with Crippen molar-refractivity contribution in [1.82, 2.24) is 14.7 Å². The Balaban J connectivity index is 0.00000243. The summed E-state index contributed by atoms with van der Waals surface area (Å²) in [5.74, 6) is -0.167. The predicted octanol–water partition coefficient (Wildman–Crippen LogP) is 1.58. The van der Waals surface area contributed by atoms with Crippen LogP contribution in [-0.2, 0) is 11.8 Å². The number of nitrogens with two attached hydrogens (primary N) is 1. The van der Waals surface area contributed by atoms with Gasteiger partial charge in [0.2, 0.25) is 5.91 Å². The van der Waals surface area contributed by atoms with Gasteiger partial charge in [0, 0.05) is 32.4 Å². The Hall–Kier alpha value is -2.45. The zero-order valence-corrected chi connectivity index (χ0v) is 15.9. The minimum Gasteiger partial charge on any atom is -0.496 e. The summed E-state index contributed by atoms with van der Waals surface area (Å²) in [6.45, 7) is 0.755. The number of aryl methyl sites for hydroxylation is 1. The number of benzene rings is 1. The van der Waals surface area contributed by atoms with Crippen LogP contribution < -0.4 is 15.4 Å². The first-order valence-corrected chi connectivity index (χ1v) is 7.99. The fourth-order valence-corrected chi connectivity index (χ4v) is 2.91. The van der Waals surface area contributed by atoms with E-state index in [4.69, 9.17) is 22.1 Å². The smallest absolute Gasteiger partial charge is 0.258 e. The lowest BCUT2D eigenvalue weighted by Gasteiger charge is -2.33. The number of halogens is 2. The van der Waals surface area contributed by atoms with Gasteiger partial charge >= 0.3 is 0 Å². The first kappa shape index (κ1) is 19.9. The summed E-state index contributed by atoms with van der Waals surface area (Å²) in [7, 11) is 3.23. The number of anilines is 2. The van der Waals surface area contributed by atoms with Gasteiger partial charge in [-0.3, -0.25) is 14.3 Å². The van der Waals surface area contributed by atoms with Gasteiger partial charge in [-0.2, -0.15) is 5.10 Å². The van der Waals surface area contributed by atoms with Crippen molar-refractivity contribution in [1.29, 1.82) is 0 Å². The van der Waals surface area contributed by atoms with E-state index < -0.39 is 0 Å². The molecule has 10 heteroatoms. The lowest BCUT2D eigenvalue weighted by Crippen LogP contribution is -2.52. The quantitative estimate of drug-likeness (QED) is 0.790. The van der Waals surface area contributed by atoms with E-state index in [9.17, 15) is 9.59 Å². The monoisotopic (exact) mass is 399 g/mol. The largest absolute Gasteiger partial charge is 0.496 e. The second-order valence-corrected chi connectivity index (χ2v) is 6.13. The molecule has 2 aromatic rings. The summed E-state index contributed by atoms with van der Waals surface area (Å²) in [5.41, 5.74) is 7.07. The van der Waals surface area contributed by atoms with E-state index >= 15 is 0 Å². The first-order chi connectivity index (χ1) is 11.9. The highest BCUT2D eigenvalue weighted by Gasteiger charge is 2.30. The summed E-state index contributed by atoms with van der Waals surface area (Å²) in [6, 6.07) is 2.97. The minimum absolute atomic E-state index is 0. The van der Waals surface area contributed by atoms with E-state index in [0.29, 0.717) is 30.2 Å². The van der Waals surface area contributed by atoms with Crippen LogP contribution >= 0.6 is 24.0 Å². The topological polar surface area (TPSA) is 93.7 Å². The second kappa shape index (κ2) is 7.84. The Labute approximate surface area is 161 Å². The SMILES string of the molecule is COc1cc(N)c(Cl)cc1C(=O)N1CCN(c2cnn(C)c2)C(=O)C1.Cl. The average molecular weight is 400 g/mol.